The van der Waals surface area contributed by atoms with Crippen molar-refractivity contribution in [1.29, 1.82) is 5.26 Å². The molecule has 4 rings (SSSR count). The number of hydrogen-bond acceptors (Lipinski definition) is 6. The predicted molar refractivity (Wildman–Crippen MR) is 88.9 cm³/mol. The monoisotopic (exact) mass is 345 g/mol. The first kappa shape index (κ1) is 14.7. The van der Waals surface area contributed by atoms with Gasteiger partial charge in [-0.05, 0) is 25.7 Å². The SMILES string of the molecule is Cc1nc(CC2CC2)sc1C(=O)Nc1nc2n(c1C#N)CCS2. The van der Waals surface area contributed by atoms with Gasteiger partial charge in [-0.15, -0.1) is 11.3 Å². The molecule has 2 aromatic rings. The Kier molecular flexibility index (Phi) is 3.62. The van der Waals surface area contributed by atoms with Crippen molar-refractivity contribution in [2.45, 2.75) is 37.9 Å². The molecule has 2 aromatic heterocycles. The highest BCUT2D eigenvalue weighted by Crippen LogP contribution is 2.35. The summed E-state index contributed by atoms with van der Waals surface area (Å²) in [6.45, 7) is 2.62. The Bertz CT molecular complexity index is 828. The van der Waals surface area contributed by atoms with E-state index in [9.17, 15) is 10.1 Å². The van der Waals surface area contributed by atoms with Crippen molar-refractivity contribution in [3.8, 4) is 6.07 Å². The van der Waals surface area contributed by atoms with E-state index < -0.39 is 0 Å². The molecule has 0 atom stereocenters. The second-order valence-corrected chi connectivity index (χ2v) is 7.97. The topological polar surface area (TPSA) is 83.6 Å². The number of imidazole rings is 1. The Morgan fingerprint density at radius 1 is 1.48 bits per heavy atom. The highest BCUT2D eigenvalue weighted by molar-refractivity contribution is 7.99. The molecule has 0 saturated heterocycles. The summed E-state index contributed by atoms with van der Waals surface area (Å²) in [5, 5.41) is 14.0. The van der Waals surface area contributed by atoms with Crippen LogP contribution in [0.25, 0.3) is 0 Å². The minimum atomic E-state index is -0.222. The molecule has 3 heterocycles. The number of hydrogen-bond donors (Lipinski definition) is 1. The molecule has 8 heteroatoms. The van der Waals surface area contributed by atoms with E-state index in [4.69, 9.17) is 0 Å². The Morgan fingerprint density at radius 2 is 2.30 bits per heavy atom. The molecule has 6 nitrogen and oxygen atoms in total. The molecular formula is C15H15N5OS2. The Hall–Kier alpha value is -1.85. The van der Waals surface area contributed by atoms with Gasteiger partial charge in [-0.25, -0.2) is 9.97 Å². The molecule has 0 spiro atoms. The highest BCUT2D eigenvalue weighted by Gasteiger charge is 2.26. The van der Waals surface area contributed by atoms with Crippen LogP contribution in [-0.4, -0.2) is 26.2 Å². The van der Waals surface area contributed by atoms with Crippen LogP contribution >= 0.6 is 23.1 Å². The maximum atomic E-state index is 12.5. The molecule has 23 heavy (non-hydrogen) atoms. The van der Waals surface area contributed by atoms with E-state index in [-0.39, 0.29) is 5.91 Å². The fraction of sp³-hybridized carbons (Fsp3) is 0.467. The van der Waals surface area contributed by atoms with Crippen molar-refractivity contribution in [2.24, 2.45) is 5.92 Å². The van der Waals surface area contributed by atoms with Crippen LogP contribution < -0.4 is 5.32 Å². The molecule has 1 aliphatic heterocycles. The quantitative estimate of drug-likeness (QED) is 0.921. The van der Waals surface area contributed by atoms with Gasteiger partial charge in [0.2, 0.25) is 0 Å². The fourth-order valence-electron chi connectivity index (χ4n) is 2.66. The van der Waals surface area contributed by atoms with E-state index in [1.807, 2.05) is 11.5 Å². The number of carbonyl (C=O) groups excluding carboxylic acids is 1. The number of fused-ring (bicyclic) bond motifs is 1. The van der Waals surface area contributed by atoms with Gasteiger partial charge in [0.25, 0.3) is 5.91 Å². The zero-order chi connectivity index (χ0) is 16.0. The van der Waals surface area contributed by atoms with Crippen molar-refractivity contribution < 1.29 is 4.79 Å². The number of aryl methyl sites for hydroxylation is 1. The highest BCUT2D eigenvalue weighted by atomic mass is 32.2. The zero-order valence-corrected chi connectivity index (χ0v) is 14.3. The second-order valence-electron chi connectivity index (χ2n) is 5.83. The molecule has 1 fully saturated rings. The average Bonchev–Trinajstić information content (AvgIpc) is 2.92. The largest absolute Gasteiger partial charge is 0.308 e. The molecule has 0 unspecified atom stereocenters. The lowest BCUT2D eigenvalue weighted by Crippen LogP contribution is -2.13. The van der Waals surface area contributed by atoms with Crippen LogP contribution in [0.1, 0.15) is 38.9 Å². The maximum Gasteiger partial charge on any atom is 0.268 e. The smallest absolute Gasteiger partial charge is 0.268 e. The van der Waals surface area contributed by atoms with Crippen LogP contribution in [0.15, 0.2) is 5.16 Å². The van der Waals surface area contributed by atoms with Gasteiger partial charge in [-0.3, -0.25) is 4.79 Å². The first-order valence-electron chi connectivity index (χ1n) is 7.56. The molecule has 0 bridgehead atoms. The lowest BCUT2D eigenvalue weighted by molar-refractivity contribution is 0.102. The minimum Gasteiger partial charge on any atom is -0.308 e. The van der Waals surface area contributed by atoms with Crippen molar-refractivity contribution in [2.75, 3.05) is 11.1 Å². The van der Waals surface area contributed by atoms with Gasteiger partial charge >= 0.3 is 0 Å². The Morgan fingerprint density at radius 3 is 3.04 bits per heavy atom. The third-order valence-electron chi connectivity index (χ3n) is 4.02. The second kappa shape index (κ2) is 5.65. The van der Waals surface area contributed by atoms with Crippen molar-refractivity contribution in [3.63, 3.8) is 0 Å². The van der Waals surface area contributed by atoms with Crippen molar-refractivity contribution in [3.05, 3.63) is 21.3 Å². The summed E-state index contributed by atoms with van der Waals surface area (Å²) in [4.78, 5) is 22.0. The number of thiazole rings is 1. The normalized spacial score (nSPS) is 16.2. The van der Waals surface area contributed by atoms with Crippen LogP contribution in [0, 0.1) is 24.2 Å². The number of thioether (sulfide) groups is 1. The Labute approximate surface area is 141 Å². The summed E-state index contributed by atoms with van der Waals surface area (Å²) in [5.41, 5.74) is 1.18. The summed E-state index contributed by atoms with van der Waals surface area (Å²) in [5.74, 6) is 1.80. The number of amides is 1. The standard InChI is InChI=1S/C15H15N5OS2/c1-8-12(23-11(17-8)6-9-2-3-9)14(21)18-13-10(7-16)20-4-5-22-15(20)19-13/h9H,2-6H2,1H3,(H,18,21). The van der Waals surface area contributed by atoms with Crippen LogP contribution in [0.2, 0.25) is 0 Å². The van der Waals surface area contributed by atoms with Gasteiger partial charge in [-0.1, -0.05) is 11.8 Å². The van der Waals surface area contributed by atoms with Gasteiger partial charge in [0.05, 0.1) is 10.7 Å². The van der Waals surface area contributed by atoms with E-state index in [1.165, 1.54) is 24.2 Å². The van der Waals surface area contributed by atoms with Crippen molar-refractivity contribution in [1.82, 2.24) is 14.5 Å². The molecule has 0 aromatic carbocycles. The third-order valence-corrected chi connectivity index (χ3v) is 6.16. The van der Waals surface area contributed by atoms with Crippen LogP contribution in [-0.2, 0) is 13.0 Å². The molecule has 2 aliphatic rings. The first-order valence-corrected chi connectivity index (χ1v) is 9.37. The molecule has 1 N–H and O–H groups in total. The molecule has 0 radical (unpaired) electrons. The van der Waals surface area contributed by atoms with Gasteiger partial charge < -0.3 is 9.88 Å². The van der Waals surface area contributed by atoms with Gasteiger partial charge in [0, 0.05) is 18.7 Å². The molecule has 1 saturated carbocycles. The number of aromatic nitrogens is 3. The number of anilines is 1. The lowest BCUT2D eigenvalue weighted by Gasteiger charge is -2.02. The van der Waals surface area contributed by atoms with Crippen molar-refractivity contribution >= 4 is 34.8 Å². The van der Waals surface area contributed by atoms with E-state index >= 15 is 0 Å². The van der Waals surface area contributed by atoms with Crippen LogP contribution in [0.3, 0.4) is 0 Å². The first-order chi connectivity index (χ1) is 11.2. The molecular weight excluding hydrogens is 330 g/mol. The maximum absolute atomic E-state index is 12.5. The van der Waals surface area contributed by atoms with Crippen LogP contribution in [0.4, 0.5) is 5.82 Å². The summed E-state index contributed by atoms with van der Waals surface area (Å²) in [7, 11) is 0. The van der Waals surface area contributed by atoms with E-state index in [0.717, 1.165) is 40.5 Å². The average molecular weight is 345 g/mol. The lowest BCUT2D eigenvalue weighted by atomic mass is 10.3. The van der Waals surface area contributed by atoms with E-state index in [0.29, 0.717) is 16.4 Å². The van der Waals surface area contributed by atoms with Gasteiger partial charge in [0.15, 0.2) is 16.7 Å². The molecule has 1 aliphatic carbocycles. The van der Waals surface area contributed by atoms with E-state index in [2.05, 4.69) is 21.4 Å². The fourth-order valence-corrected chi connectivity index (χ4v) is 4.69. The summed E-state index contributed by atoms with van der Waals surface area (Å²) in [6.07, 6.45) is 3.50. The number of nitrogens with one attached hydrogen (secondary N) is 1. The van der Waals surface area contributed by atoms with Gasteiger partial charge in [-0.2, -0.15) is 5.26 Å². The number of rotatable bonds is 4. The number of nitrogens with zero attached hydrogens (tertiary/aromatic N) is 4. The number of carbonyl (C=O) groups is 1. The van der Waals surface area contributed by atoms with Gasteiger partial charge in [0.1, 0.15) is 10.9 Å². The van der Waals surface area contributed by atoms with E-state index in [1.54, 1.807) is 11.8 Å². The number of nitriles is 1. The predicted octanol–water partition coefficient (Wildman–Crippen LogP) is 2.83. The molecule has 118 valence electrons. The third kappa shape index (κ3) is 2.75. The minimum absolute atomic E-state index is 0.222. The summed E-state index contributed by atoms with van der Waals surface area (Å²) >= 11 is 3.06. The summed E-state index contributed by atoms with van der Waals surface area (Å²) < 4.78 is 1.86. The Balaban J connectivity index is 1.56. The van der Waals surface area contributed by atoms with Crippen LogP contribution in [0.5, 0.6) is 0 Å². The zero-order valence-electron chi connectivity index (χ0n) is 12.6. The summed E-state index contributed by atoms with van der Waals surface area (Å²) in [6, 6.07) is 2.15. The molecule has 1 amide bonds.